The van der Waals surface area contributed by atoms with E-state index in [4.69, 9.17) is 15.2 Å². The first-order valence-corrected chi connectivity index (χ1v) is 6.25. The van der Waals surface area contributed by atoms with E-state index in [0.717, 1.165) is 13.0 Å². The Morgan fingerprint density at radius 2 is 1.80 bits per heavy atom. The summed E-state index contributed by atoms with van der Waals surface area (Å²) in [6.07, 6.45) is 6.34. The molecule has 0 aromatic rings. The predicted octanol–water partition coefficient (Wildman–Crippen LogP) is 1.95. The molecule has 1 fully saturated rings. The van der Waals surface area contributed by atoms with E-state index in [1.165, 1.54) is 25.7 Å². The summed E-state index contributed by atoms with van der Waals surface area (Å²) >= 11 is 0. The molecule has 90 valence electrons. The second-order valence-electron chi connectivity index (χ2n) is 4.40. The molecule has 0 bridgehead atoms. The lowest BCUT2D eigenvalue weighted by Crippen LogP contribution is -2.33. The lowest BCUT2D eigenvalue weighted by molar-refractivity contribution is 0.0375. The highest BCUT2D eigenvalue weighted by molar-refractivity contribution is 4.77. The van der Waals surface area contributed by atoms with Crippen molar-refractivity contribution in [2.24, 2.45) is 11.7 Å². The number of ether oxygens (including phenoxy) is 2. The second-order valence-corrected chi connectivity index (χ2v) is 4.40. The zero-order chi connectivity index (χ0) is 10.9. The molecule has 1 aliphatic carbocycles. The standard InChI is InChI=1S/C12H25NO2/c1-2-7-14-8-9-15-10-12(13)11-5-3-4-6-11/h11-12H,2-10,13H2,1H3. The molecule has 0 radical (unpaired) electrons. The summed E-state index contributed by atoms with van der Waals surface area (Å²) in [7, 11) is 0. The molecule has 0 amide bonds. The first-order chi connectivity index (χ1) is 7.34. The Balaban J connectivity index is 1.90. The molecular formula is C12H25NO2. The molecular weight excluding hydrogens is 190 g/mol. The highest BCUT2D eigenvalue weighted by Gasteiger charge is 2.21. The molecule has 3 heteroatoms. The van der Waals surface area contributed by atoms with Crippen molar-refractivity contribution in [1.29, 1.82) is 0 Å². The maximum Gasteiger partial charge on any atom is 0.0701 e. The van der Waals surface area contributed by atoms with Crippen LogP contribution in [0.2, 0.25) is 0 Å². The van der Waals surface area contributed by atoms with Gasteiger partial charge in [0, 0.05) is 12.6 Å². The summed E-state index contributed by atoms with van der Waals surface area (Å²) in [5.74, 6) is 0.696. The maximum absolute atomic E-state index is 6.05. The van der Waals surface area contributed by atoms with Gasteiger partial charge in [0.05, 0.1) is 19.8 Å². The molecule has 0 heterocycles. The van der Waals surface area contributed by atoms with Crippen molar-refractivity contribution >= 4 is 0 Å². The van der Waals surface area contributed by atoms with E-state index in [1.807, 2.05) is 0 Å². The molecule has 0 aromatic heterocycles. The van der Waals surface area contributed by atoms with Gasteiger partial charge in [0.15, 0.2) is 0 Å². The average Bonchev–Trinajstić information content (AvgIpc) is 2.76. The van der Waals surface area contributed by atoms with E-state index in [0.29, 0.717) is 25.7 Å². The topological polar surface area (TPSA) is 44.5 Å². The Bertz CT molecular complexity index is 147. The molecule has 1 unspecified atom stereocenters. The van der Waals surface area contributed by atoms with E-state index in [9.17, 15) is 0 Å². The number of hydrogen-bond donors (Lipinski definition) is 1. The summed E-state index contributed by atoms with van der Waals surface area (Å²) in [5.41, 5.74) is 6.05. The second kappa shape index (κ2) is 8.08. The Morgan fingerprint density at radius 1 is 1.13 bits per heavy atom. The first-order valence-electron chi connectivity index (χ1n) is 6.25. The Hall–Kier alpha value is -0.120. The van der Waals surface area contributed by atoms with Crippen molar-refractivity contribution in [3.63, 3.8) is 0 Å². The fourth-order valence-corrected chi connectivity index (χ4v) is 2.11. The third kappa shape index (κ3) is 5.50. The van der Waals surface area contributed by atoms with E-state index in [2.05, 4.69) is 6.92 Å². The molecule has 0 spiro atoms. The largest absolute Gasteiger partial charge is 0.379 e. The summed E-state index contributed by atoms with van der Waals surface area (Å²) < 4.78 is 10.8. The van der Waals surface area contributed by atoms with Crippen molar-refractivity contribution < 1.29 is 9.47 Å². The van der Waals surface area contributed by atoms with E-state index < -0.39 is 0 Å². The first kappa shape index (κ1) is 12.9. The van der Waals surface area contributed by atoms with Crippen LogP contribution in [0, 0.1) is 5.92 Å². The fourth-order valence-electron chi connectivity index (χ4n) is 2.11. The van der Waals surface area contributed by atoms with Gasteiger partial charge in [-0.05, 0) is 25.2 Å². The molecule has 2 N–H and O–H groups in total. The van der Waals surface area contributed by atoms with Crippen LogP contribution in [-0.4, -0.2) is 32.5 Å². The molecule has 1 aliphatic rings. The van der Waals surface area contributed by atoms with Gasteiger partial charge in [0.2, 0.25) is 0 Å². The SMILES string of the molecule is CCCOCCOCC(N)C1CCCC1. The van der Waals surface area contributed by atoms with Gasteiger partial charge in [0.25, 0.3) is 0 Å². The van der Waals surface area contributed by atoms with Crippen LogP contribution in [0.5, 0.6) is 0 Å². The van der Waals surface area contributed by atoms with Gasteiger partial charge in [-0.15, -0.1) is 0 Å². The predicted molar refractivity (Wildman–Crippen MR) is 61.9 cm³/mol. The van der Waals surface area contributed by atoms with Crippen LogP contribution in [-0.2, 0) is 9.47 Å². The molecule has 0 aliphatic heterocycles. The van der Waals surface area contributed by atoms with Crippen molar-refractivity contribution in [1.82, 2.24) is 0 Å². The highest BCUT2D eigenvalue weighted by atomic mass is 16.5. The lowest BCUT2D eigenvalue weighted by Gasteiger charge is -2.18. The molecule has 1 saturated carbocycles. The zero-order valence-electron chi connectivity index (χ0n) is 9.91. The number of rotatable bonds is 8. The van der Waals surface area contributed by atoms with E-state index >= 15 is 0 Å². The van der Waals surface area contributed by atoms with Crippen LogP contribution < -0.4 is 5.73 Å². The third-order valence-electron chi connectivity index (χ3n) is 3.04. The summed E-state index contributed by atoms with van der Waals surface area (Å²) in [4.78, 5) is 0. The van der Waals surface area contributed by atoms with Crippen LogP contribution in [0.15, 0.2) is 0 Å². The highest BCUT2D eigenvalue weighted by Crippen LogP contribution is 2.26. The Morgan fingerprint density at radius 3 is 2.47 bits per heavy atom. The normalized spacial score (nSPS) is 19.6. The van der Waals surface area contributed by atoms with Gasteiger partial charge in [-0.2, -0.15) is 0 Å². The van der Waals surface area contributed by atoms with E-state index in [1.54, 1.807) is 0 Å². The smallest absolute Gasteiger partial charge is 0.0701 e. The van der Waals surface area contributed by atoms with Gasteiger partial charge in [-0.3, -0.25) is 0 Å². The average molecular weight is 215 g/mol. The van der Waals surface area contributed by atoms with Crippen LogP contribution in [0.1, 0.15) is 39.0 Å². The number of nitrogens with two attached hydrogens (primary N) is 1. The fraction of sp³-hybridized carbons (Fsp3) is 1.00. The molecule has 15 heavy (non-hydrogen) atoms. The van der Waals surface area contributed by atoms with Crippen molar-refractivity contribution in [2.75, 3.05) is 26.4 Å². The van der Waals surface area contributed by atoms with Gasteiger partial charge in [-0.1, -0.05) is 19.8 Å². The van der Waals surface area contributed by atoms with Crippen molar-refractivity contribution in [2.45, 2.75) is 45.1 Å². The maximum atomic E-state index is 6.05. The minimum atomic E-state index is 0.235. The van der Waals surface area contributed by atoms with Crippen molar-refractivity contribution in [3.8, 4) is 0 Å². The van der Waals surface area contributed by atoms with Gasteiger partial charge >= 0.3 is 0 Å². The molecule has 1 atom stereocenters. The monoisotopic (exact) mass is 215 g/mol. The molecule has 1 rings (SSSR count). The molecule has 0 aromatic carbocycles. The number of hydrogen-bond acceptors (Lipinski definition) is 3. The Labute approximate surface area is 93.3 Å². The van der Waals surface area contributed by atoms with Gasteiger partial charge in [0.1, 0.15) is 0 Å². The van der Waals surface area contributed by atoms with Crippen molar-refractivity contribution in [3.05, 3.63) is 0 Å². The van der Waals surface area contributed by atoms with Crippen LogP contribution >= 0.6 is 0 Å². The van der Waals surface area contributed by atoms with E-state index in [-0.39, 0.29) is 6.04 Å². The third-order valence-corrected chi connectivity index (χ3v) is 3.04. The van der Waals surface area contributed by atoms with Crippen LogP contribution in [0.4, 0.5) is 0 Å². The minimum Gasteiger partial charge on any atom is -0.379 e. The summed E-state index contributed by atoms with van der Waals surface area (Å²) in [6.45, 7) is 5.01. The quantitative estimate of drug-likeness (QED) is 0.629. The Kier molecular flexibility index (Phi) is 6.98. The van der Waals surface area contributed by atoms with Crippen LogP contribution in [0.3, 0.4) is 0 Å². The minimum absolute atomic E-state index is 0.235. The zero-order valence-corrected chi connectivity index (χ0v) is 9.91. The summed E-state index contributed by atoms with van der Waals surface area (Å²) in [6, 6.07) is 0.235. The van der Waals surface area contributed by atoms with Gasteiger partial charge in [-0.25, -0.2) is 0 Å². The molecule has 0 saturated heterocycles. The van der Waals surface area contributed by atoms with Crippen LogP contribution in [0.25, 0.3) is 0 Å². The van der Waals surface area contributed by atoms with Gasteiger partial charge < -0.3 is 15.2 Å². The lowest BCUT2D eigenvalue weighted by atomic mass is 10.00. The molecule has 3 nitrogen and oxygen atoms in total. The summed E-state index contributed by atoms with van der Waals surface area (Å²) in [5, 5.41) is 0.